The number of benzene rings is 1. The van der Waals surface area contributed by atoms with Crippen LogP contribution in [0.5, 0.6) is 0 Å². The van der Waals surface area contributed by atoms with Crippen molar-refractivity contribution >= 4 is 12.0 Å². The molecule has 0 spiro atoms. The van der Waals surface area contributed by atoms with E-state index in [0.717, 1.165) is 5.56 Å². The summed E-state index contributed by atoms with van der Waals surface area (Å²) in [4.78, 5) is 24.6. The molecule has 3 N–H and O–H groups in total. The maximum atomic E-state index is 12.2. The number of nitrogens with one attached hydrogen (secondary N) is 1. The lowest BCUT2D eigenvalue weighted by atomic mass is 9.86. The molecule has 0 bridgehead atoms. The first-order valence-corrected chi connectivity index (χ1v) is 8.42. The molecule has 6 nitrogen and oxygen atoms in total. The second-order valence-corrected chi connectivity index (χ2v) is 6.56. The Morgan fingerprint density at radius 1 is 1.21 bits per heavy atom. The van der Waals surface area contributed by atoms with E-state index in [4.69, 9.17) is 5.11 Å². The van der Waals surface area contributed by atoms with E-state index in [-0.39, 0.29) is 24.5 Å². The molecule has 24 heavy (non-hydrogen) atoms. The molecule has 0 aliphatic heterocycles. The van der Waals surface area contributed by atoms with Crippen molar-refractivity contribution in [2.24, 2.45) is 5.92 Å². The Labute approximate surface area is 142 Å². The molecule has 0 radical (unpaired) electrons. The summed E-state index contributed by atoms with van der Waals surface area (Å²) in [6.07, 6.45) is 2.45. The van der Waals surface area contributed by atoms with Gasteiger partial charge >= 0.3 is 12.0 Å². The quantitative estimate of drug-likeness (QED) is 0.741. The smallest absolute Gasteiger partial charge is 0.317 e. The number of aliphatic hydroxyl groups excluding tert-OH is 1. The van der Waals surface area contributed by atoms with Crippen molar-refractivity contribution in [1.29, 1.82) is 0 Å². The summed E-state index contributed by atoms with van der Waals surface area (Å²) in [5, 5.41) is 22.1. The second-order valence-electron chi connectivity index (χ2n) is 6.56. The highest BCUT2D eigenvalue weighted by molar-refractivity contribution is 5.74. The number of amides is 2. The Hall–Kier alpha value is -2.08. The van der Waals surface area contributed by atoms with Gasteiger partial charge in [0.05, 0.1) is 12.0 Å². The minimum absolute atomic E-state index is 0.0156. The number of aliphatic hydroxyl groups is 1. The molecule has 6 heteroatoms. The average molecular weight is 334 g/mol. The Morgan fingerprint density at radius 2 is 1.83 bits per heavy atom. The molecule has 1 fully saturated rings. The fraction of sp³-hybridized carbons (Fsp3) is 0.556. The molecule has 2 rings (SSSR count). The number of carboxylic acid groups (broad SMARTS) is 1. The lowest BCUT2D eigenvalue weighted by Gasteiger charge is -2.29. The van der Waals surface area contributed by atoms with Crippen LogP contribution in [-0.2, 0) is 11.2 Å². The number of urea groups is 1. The van der Waals surface area contributed by atoms with E-state index in [1.807, 2.05) is 30.3 Å². The van der Waals surface area contributed by atoms with E-state index in [2.05, 4.69) is 5.32 Å². The van der Waals surface area contributed by atoms with E-state index in [1.165, 1.54) is 4.90 Å². The first kappa shape index (κ1) is 18.3. The third kappa shape index (κ3) is 5.53. The zero-order chi connectivity index (χ0) is 17.5. The first-order chi connectivity index (χ1) is 11.5. The molecule has 0 aromatic heterocycles. The summed E-state index contributed by atoms with van der Waals surface area (Å²) in [6, 6.07) is 9.46. The van der Waals surface area contributed by atoms with Crippen molar-refractivity contribution in [2.45, 2.75) is 44.2 Å². The first-order valence-electron chi connectivity index (χ1n) is 8.42. The van der Waals surface area contributed by atoms with Gasteiger partial charge < -0.3 is 20.4 Å². The molecule has 0 saturated heterocycles. The highest BCUT2D eigenvalue weighted by Gasteiger charge is 2.27. The van der Waals surface area contributed by atoms with Crippen molar-refractivity contribution in [2.75, 3.05) is 13.6 Å². The molecule has 132 valence electrons. The van der Waals surface area contributed by atoms with Crippen LogP contribution in [0.4, 0.5) is 4.79 Å². The summed E-state index contributed by atoms with van der Waals surface area (Å²) >= 11 is 0. The number of carboxylic acids is 1. The van der Waals surface area contributed by atoms with E-state index in [9.17, 15) is 14.7 Å². The van der Waals surface area contributed by atoms with E-state index in [0.29, 0.717) is 32.1 Å². The van der Waals surface area contributed by atoms with Crippen molar-refractivity contribution in [3.05, 3.63) is 35.9 Å². The predicted octanol–water partition coefficient (Wildman–Crippen LogP) is 1.87. The number of nitrogens with zero attached hydrogens (tertiary/aromatic N) is 1. The van der Waals surface area contributed by atoms with Gasteiger partial charge in [-0.2, -0.15) is 0 Å². The van der Waals surface area contributed by atoms with Crippen LogP contribution in [0.1, 0.15) is 31.2 Å². The summed E-state index contributed by atoms with van der Waals surface area (Å²) in [5.74, 6) is -1.04. The van der Waals surface area contributed by atoms with Crippen molar-refractivity contribution < 1.29 is 19.8 Å². The van der Waals surface area contributed by atoms with Gasteiger partial charge in [0.25, 0.3) is 0 Å². The van der Waals surface area contributed by atoms with E-state index < -0.39 is 12.1 Å². The summed E-state index contributed by atoms with van der Waals surface area (Å²) < 4.78 is 0. The van der Waals surface area contributed by atoms with Crippen LogP contribution in [0, 0.1) is 5.92 Å². The number of rotatable bonds is 6. The van der Waals surface area contributed by atoms with Gasteiger partial charge in [-0.3, -0.25) is 4.79 Å². The zero-order valence-electron chi connectivity index (χ0n) is 14.0. The third-order valence-electron chi connectivity index (χ3n) is 4.55. The largest absolute Gasteiger partial charge is 0.481 e. The van der Waals surface area contributed by atoms with Gasteiger partial charge in [0.15, 0.2) is 0 Å². The SMILES string of the molecule is CN(CC(O)Cc1ccccc1)C(=O)NC1CCC(C(=O)O)CC1. The second kappa shape index (κ2) is 8.68. The van der Waals surface area contributed by atoms with Gasteiger partial charge in [-0.15, -0.1) is 0 Å². The molecule has 0 heterocycles. The number of carbonyl (C=O) groups is 2. The third-order valence-corrected chi connectivity index (χ3v) is 4.55. The van der Waals surface area contributed by atoms with Gasteiger partial charge in [0.1, 0.15) is 0 Å². The highest BCUT2D eigenvalue weighted by atomic mass is 16.4. The average Bonchev–Trinajstić information content (AvgIpc) is 2.56. The predicted molar refractivity (Wildman–Crippen MR) is 90.7 cm³/mol. The molecule has 2 amide bonds. The Bertz CT molecular complexity index is 541. The molecule has 1 unspecified atom stereocenters. The maximum Gasteiger partial charge on any atom is 0.317 e. The topological polar surface area (TPSA) is 89.9 Å². The minimum atomic E-state index is -0.749. The standard InChI is InChI=1S/C18H26N2O4/c1-20(12-16(21)11-13-5-3-2-4-6-13)18(24)19-15-9-7-14(8-10-15)17(22)23/h2-6,14-16,21H,7-12H2,1H3,(H,19,24)(H,22,23). The van der Waals surface area contributed by atoms with Gasteiger partial charge in [-0.25, -0.2) is 4.79 Å². The number of aliphatic carboxylic acids is 1. The molecular formula is C18H26N2O4. The van der Waals surface area contributed by atoms with Gasteiger partial charge in [0.2, 0.25) is 0 Å². The normalized spacial score (nSPS) is 21.8. The monoisotopic (exact) mass is 334 g/mol. The fourth-order valence-electron chi connectivity index (χ4n) is 3.12. The molecule has 1 aromatic carbocycles. The van der Waals surface area contributed by atoms with Crippen molar-refractivity contribution in [3.8, 4) is 0 Å². The molecule has 1 saturated carbocycles. The van der Waals surface area contributed by atoms with Crippen LogP contribution < -0.4 is 5.32 Å². The van der Waals surface area contributed by atoms with Crippen LogP contribution in [0.3, 0.4) is 0 Å². The van der Waals surface area contributed by atoms with E-state index >= 15 is 0 Å². The van der Waals surface area contributed by atoms with Gasteiger partial charge in [-0.1, -0.05) is 30.3 Å². The van der Waals surface area contributed by atoms with E-state index in [1.54, 1.807) is 7.05 Å². The number of hydrogen-bond donors (Lipinski definition) is 3. The van der Waals surface area contributed by atoms with Crippen molar-refractivity contribution in [1.82, 2.24) is 10.2 Å². The summed E-state index contributed by atoms with van der Waals surface area (Å²) in [7, 11) is 1.66. The lowest BCUT2D eigenvalue weighted by molar-refractivity contribution is -0.142. The lowest BCUT2D eigenvalue weighted by Crippen LogP contribution is -2.47. The fourth-order valence-corrected chi connectivity index (χ4v) is 3.12. The number of carbonyl (C=O) groups excluding carboxylic acids is 1. The maximum absolute atomic E-state index is 12.2. The Balaban J connectivity index is 1.73. The molecule has 1 aromatic rings. The van der Waals surface area contributed by atoms with Gasteiger partial charge in [0, 0.05) is 26.1 Å². The van der Waals surface area contributed by atoms with Crippen LogP contribution in [0.25, 0.3) is 0 Å². The van der Waals surface area contributed by atoms with Crippen LogP contribution in [-0.4, -0.2) is 52.9 Å². The van der Waals surface area contributed by atoms with Crippen molar-refractivity contribution in [3.63, 3.8) is 0 Å². The zero-order valence-corrected chi connectivity index (χ0v) is 14.0. The van der Waals surface area contributed by atoms with Crippen LogP contribution in [0.2, 0.25) is 0 Å². The molecule has 1 aliphatic carbocycles. The van der Waals surface area contributed by atoms with Crippen LogP contribution >= 0.6 is 0 Å². The number of hydrogen-bond acceptors (Lipinski definition) is 3. The molecule has 1 aliphatic rings. The van der Waals surface area contributed by atoms with Gasteiger partial charge in [-0.05, 0) is 31.2 Å². The number of likely N-dealkylation sites (N-methyl/N-ethyl adjacent to an activating group) is 1. The Morgan fingerprint density at radius 3 is 2.42 bits per heavy atom. The highest BCUT2D eigenvalue weighted by Crippen LogP contribution is 2.24. The summed E-state index contributed by atoms with van der Waals surface area (Å²) in [5.41, 5.74) is 1.03. The molecular weight excluding hydrogens is 308 g/mol. The summed E-state index contributed by atoms with van der Waals surface area (Å²) in [6.45, 7) is 0.255. The minimum Gasteiger partial charge on any atom is -0.481 e. The van der Waals surface area contributed by atoms with Crippen LogP contribution in [0.15, 0.2) is 30.3 Å². The Kier molecular flexibility index (Phi) is 6.61. The molecule has 1 atom stereocenters.